The molecule has 1 fully saturated rings. The van der Waals surface area contributed by atoms with Gasteiger partial charge in [0.05, 0.1) is 13.7 Å². The van der Waals surface area contributed by atoms with Crippen molar-refractivity contribution < 1.29 is 9.53 Å². The van der Waals surface area contributed by atoms with Gasteiger partial charge in [-0.25, -0.2) is 0 Å². The summed E-state index contributed by atoms with van der Waals surface area (Å²) in [5.74, 6) is 0.980. The highest BCUT2D eigenvalue weighted by Crippen LogP contribution is 2.17. The van der Waals surface area contributed by atoms with Gasteiger partial charge in [0.1, 0.15) is 5.75 Å². The van der Waals surface area contributed by atoms with Crippen LogP contribution >= 0.6 is 0 Å². The number of amides is 1. The number of hydrogen-bond acceptors (Lipinski definition) is 3. The fraction of sp³-hybridized carbons (Fsp3) is 0.562. The number of rotatable bonds is 6. The number of methoxy groups -OCH3 is 1. The second-order valence-corrected chi connectivity index (χ2v) is 5.57. The molecule has 0 atom stereocenters. The van der Waals surface area contributed by atoms with Crippen molar-refractivity contribution in [1.82, 2.24) is 10.2 Å². The van der Waals surface area contributed by atoms with E-state index in [1.165, 1.54) is 12.8 Å². The van der Waals surface area contributed by atoms with Crippen LogP contribution in [0.2, 0.25) is 0 Å². The van der Waals surface area contributed by atoms with Crippen molar-refractivity contribution in [3.8, 4) is 5.75 Å². The van der Waals surface area contributed by atoms with Crippen LogP contribution in [0.25, 0.3) is 0 Å². The van der Waals surface area contributed by atoms with Crippen molar-refractivity contribution in [2.75, 3.05) is 20.7 Å². The molecule has 1 N–H and O–H groups in total. The standard InChI is InChI=1S/C16H24N2O2/c1-18(11-13-6-5-9-15(10-13)20-2)12-16(19)17-14-7-3-4-8-14/h5-6,9-10,14H,3-4,7-8,11-12H2,1-2H3,(H,17,19). The number of hydrogen-bond donors (Lipinski definition) is 1. The minimum Gasteiger partial charge on any atom is -0.497 e. The van der Waals surface area contributed by atoms with E-state index in [4.69, 9.17) is 4.74 Å². The number of ether oxygens (including phenoxy) is 1. The van der Waals surface area contributed by atoms with Crippen molar-refractivity contribution >= 4 is 5.91 Å². The van der Waals surface area contributed by atoms with Crippen LogP contribution in [-0.2, 0) is 11.3 Å². The van der Waals surface area contributed by atoms with Crippen molar-refractivity contribution in [3.05, 3.63) is 29.8 Å². The second-order valence-electron chi connectivity index (χ2n) is 5.57. The average Bonchev–Trinajstić information content (AvgIpc) is 2.91. The summed E-state index contributed by atoms with van der Waals surface area (Å²) >= 11 is 0. The predicted molar refractivity (Wildman–Crippen MR) is 79.7 cm³/mol. The first-order chi connectivity index (χ1) is 9.67. The minimum atomic E-state index is 0.127. The van der Waals surface area contributed by atoms with Gasteiger partial charge < -0.3 is 10.1 Å². The van der Waals surface area contributed by atoms with E-state index in [1.807, 2.05) is 36.2 Å². The Morgan fingerprint density at radius 1 is 1.40 bits per heavy atom. The fourth-order valence-electron chi connectivity index (χ4n) is 2.73. The molecule has 0 radical (unpaired) electrons. The monoisotopic (exact) mass is 276 g/mol. The van der Waals surface area contributed by atoms with Gasteiger partial charge in [0.15, 0.2) is 0 Å². The van der Waals surface area contributed by atoms with Crippen LogP contribution in [-0.4, -0.2) is 37.6 Å². The smallest absolute Gasteiger partial charge is 0.234 e. The Morgan fingerprint density at radius 2 is 2.15 bits per heavy atom. The molecule has 110 valence electrons. The molecular formula is C16H24N2O2. The lowest BCUT2D eigenvalue weighted by molar-refractivity contribution is -0.122. The zero-order valence-corrected chi connectivity index (χ0v) is 12.4. The summed E-state index contributed by atoms with van der Waals surface area (Å²) in [5.41, 5.74) is 1.15. The minimum absolute atomic E-state index is 0.127. The molecule has 1 amide bonds. The molecule has 1 aromatic rings. The molecule has 0 aliphatic heterocycles. The van der Waals surface area contributed by atoms with E-state index < -0.39 is 0 Å². The Balaban J connectivity index is 1.78. The van der Waals surface area contributed by atoms with E-state index in [0.29, 0.717) is 12.6 Å². The number of carbonyl (C=O) groups excluding carboxylic acids is 1. The van der Waals surface area contributed by atoms with Crippen molar-refractivity contribution in [2.24, 2.45) is 0 Å². The van der Waals surface area contributed by atoms with Gasteiger partial charge in [0.25, 0.3) is 0 Å². The third-order valence-corrected chi connectivity index (χ3v) is 3.72. The maximum absolute atomic E-state index is 11.9. The largest absolute Gasteiger partial charge is 0.497 e. The number of benzene rings is 1. The van der Waals surface area contributed by atoms with Crippen molar-refractivity contribution in [2.45, 2.75) is 38.3 Å². The van der Waals surface area contributed by atoms with Crippen LogP contribution in [0.4, 0.5) is 0 Å². The molecule has 0 spiro atoms. The molecule has 1 aliphatic carbocycles. The summed E-state index contributed by atoms with van der Waals surface area (Å²) in [6.45, 7) is 1.18. The highest BCUT2D eigenvalue weighted by molar-refractivity contribution is 5.78. The number of likely N-dealkylation sites (N-methyl/N-ethyl adjacent to an activating group) is 1. The second kappa shape index (κ2) is 7.29. The third kappa shape index (κ3) is 4.53. The summed E-state index contributed by atoms with van der Waals surface area (Å²) in [6.07, 6.45) is 4.74. The maximum atomic E-state index is 11.9. The van der Waals surface area contributed by atoms with Crippen molar-refractivity contribution in [1.29, 1.82) is 0 Å². The molecule has 1 aromatic carbocycles. The molecule has 1 saturated carbocycles. The lowest BCUT2D eigenvalue weighted by Crippen LogP contribution is -2.39. The van der Waals surface area contributed by atoms with Crippen molar-refractivity contribution in [3.63, 3.8) is 0 Å². The van der Waals surface area contributed by atoms with Gasteiger partial charge in [-0.3, -0.25) is 9.69 Å². The topological polar surface area (TPSA) is 41.6 Å². The predicted octanol–water partition coefficient (Wildman–Crippen LogP) is 2.19. The SMILES string of the molecule is COc1cccc(CN(C)CC(=O)NC2CCCC2)c1. The lowest BCUT2D eigenvalue weighted by Gasteiger charge is -2.18. The fourth-order valence-corrected chi connectivity index (χ4v) is 2.73. The molecule has 20 heavy (non-hydrogen) atoms. The summed E-state index contributed by atoms with van der Waals surface area (Å²) in [4.78, 5) is 14.0. The number of nitrogens with one attached hydrogen (secondary N) is 1. The normalized spacial score (nSPS) is 15.6. The quantitative estimate of drug-likeness (QED) is 0.866. The molecule has 2 rings (SSSR count). The van der Waals surface area contributed by atoms with Crippen LogP contribution in [0, 0.1) is 0 Å². The number of nitrogens with zero attached hydrogens (tertiary/aromatic N) is 1. The first-order valence-electron chi connectivity index (χ1n) is 7.28. The van der Waals surface area contributed by atoms with Gasteiger partial charge in [-0.1, -0.05) is 25.0 Å². The Hall–Kier alpha value is -1.55. The zero-order chi connectivity index (χ0) is 14.4. The van der Waals surface area contributed by atoms with E-state index in [1.54, 1.807) is 7.11 Å². The molecule has 0 heterocycles. The Morgan fingerprint density at radius 3 is 2.85 bits per heavy atom. The van der Waals surface area contributed by atoms with Gasteiger partial charge in [-0.2, -0.15) is 0 Å². The Bertz CT molecular complexity index is 442. The van der Waals surface area contributed by atoms with Crippen LogP contribution < -0.4 is 10.1 Å². The average molecular weight is 276 g/mol. The van der Waals surface area contributed by atoms with E-state index >= 15 is 0 Å². The highest BCUT2D eigenvalue weighted by Gasteiger charge is 2.17. The highest BCUT2D eigenvalue weighted by atomic mass is 16.5. The van der Waals surface area contributed by atoms with E-state index in [2.05, 4.69) is 5.32 Å². The first-order valence-corrected chi connectivity index (χ1v) is 7.28. The molecule has 4 nitrogen and oxygen atoms in total. The number of carbonyl (C=O) groups is 1. The zero-order valence-electron chi connectivity index (χ0n) is 12.4. The molecule has 0 aromatic heterocycles. The molecule has 1 aliphatic rings. The molecule has 0 saturated heterocycles. The molecule has 0 bridgehead atoms. The maximum Gasteiger partial charge on any atom is 0.234 e. The van der Waals surface area contributed by atoms with Crippen LogP contribution in [0.15, 0.2) is 24.3 Å². The Kier molecular flexibility index (Phi) is 5.41. The van der Waals surface area contributed by atoms with Gasteiger partial charge in [0, 0.05) is 12.6 Å². The van der Waals surface area contributed by atoms with Gasteiger partial charge in [0.2, 0.25) is 5.91 Å². The van der Waals surface area contributed by atoms with Gasteiger partial charge in [-0.15, -0.1) is 0 Å². The third-order valence-electron chi connectivity index (χ3n) is 3.72. The lowest BCUT2D eigenvalue weighted by atomic mass is 10.2. The van der Waals surface area contributed by atoms with E-state index in [9.17, 15) is 4.79 Å². The summed E-state index contributed by atoms with van der Waals surface area (Å²) in [7, 11) is 3.63. The van der Waals surface area contributed by atoms with Crippen LogP contribution in [0.1, 0.15) is 31.2 Å². The van der Waals surface area contributed by atoms with Crippen LogP contribution in [0.3, 0.4) is 0 Å². The first kappa shape index (κ1) is 14.9. The molecule has 4 heteroatoms. The van der Waals surface area contributed by atoms with E-state index in [-0.39, 0.29) is 5.91 Å². The summed E-state index contributed by atoms with van der Waals surface area (Å²) in [6, 6.07) is 8.35. The Labute approximate surface area is 121 Å². The molecular weight excluding hydrogens is 252 g/mol. The summed E-state index contributed by atoms with van der Waals surface area (Å²) in [5, 5.41) is 3.11. The molecule has 0 unspecified atom stereocenters. The summed E-state index contributed by atoms with van der Waals surface area (Å²) < 4.78 is 5.21. The van der Waals surface area contributed by atoms with Gasteiger partial charge >= 0.3 is 0 Å². The van der Waals surface area contributed by atoms with Gasteiger partial charge in [-0.05, 0) is 37.6 Å². The van der Waals surface area contributed by atoms with E-state index in [0.717, 1.165) is 30.7 Å². The van der Waals surface area contributed by atoms with Crippen LogP contribution in [0.5, 0.6) is 5.75 Å².